The van der Waals surface area contributed by atoms with Crippen LogP contribution in [0.2, 0.25) is 0 Å². The summed E-state index contributed by atoms with van der Waals surface area (Å²) in [6.07, 6.45) is -4.27. The highest BCUT2D eigenvalue weighted by atomic mass is 79.9. The lowest BCUT2D eigenvalue weighted by atomic mass is 10.0. The minimum Gasteiger partial charge on any atom is -0.199 e. The number of benzene rings is 1. The van der Waals surface area contributed by atoms with Crippen molar-refractivity contribution < 1.29 is 13.2 Å². The molecular formula is C12H13BrF3N. The molecule has 0 saturated carbocycles. The van der Waals surface area contributed by atoms with Crippen molar-refractivity contribution in [1.29, 1.82) is 5.26 Å². The molecule has 0 bridgehead atoms. The summed E-state index contributed by atoms with van der Waals surface area (Å²) in [4.78, 5) is 0. The van der Waals surface area contributed by atoms with Crippen molar-refractivity contribution in [3.05, 3.63) is 35.4 Å². The zero-order valence-electron chi connectivity index (χ0n) is 9.77. The molecule has 1 aromatic rings. The van der Waals surface area contributed by atoms with E-state index in [-0.39, 0.29) is 0 Å². The zero-order valence-corrected chi connectivity index (χ0v) is 11.4. The first kappa shape index (κ1) is 16.0. The third-order valence-corrected chi connectivity index (χ3v) is 2.33. The fourth-order valence-corrected chi connectivity index (χ4v) is 1.31. The highest BCUT2D eigenvalue weighted by molar-refractivity contribution is 9.09. The van der Waals surface area contributed by atoms with Gasteiger partial charge in [0.1, 0.15) is 0 Å². The van der Waals surface area contributed by atoms with Gasteiger partial charge in [0.25, 0.3) is 0 Å². The number of hydrogen-bond acceptors (Lipinski definition) is 1. The Morgan fingerprint density at radius 3 is 1.94 bits per heavy atom. The molecular weight excluding hydrogens is 295 g/mol. The molecule has 5 heteroatoms. The van der Waals surface area contributed by atoms with E-state index in [4.69, 9.17) is 5.26 Å². The summed E-state index contributed by atoms with van der Waals surface area (Å²) in [5.74, 6) is 0. The van der Waals surface area contributed by atoms with Crippen LogP contribution in [0.4, 0.5) is 13.2 Å². The Kier molecular flexibility index (Phi) is 5.70. The summed E-state index contributed by atoms with van der Waals surface area (Å²) in [5.41, 5.74) is 0.00912. The molecule has 0 fully saturated rings. The summed E-state index contributed by atoms with van der Waals surface area (Å²) in [6, 6.07) is 7.07. The lowest BCUT2D eigenvalue weighted by molar-refractivity contribution is -0.137. The van der Waals surface area contributed by atoms with Gasteiger partial charge in [-0.2, -0.15) is 18.4 Å². The Labute approximate surface area is 107 Å². The SMILES string of the molecule is CC#N.CC(C)(Br)c1cccc(C(F)(F)F)c1. The van der Waals surface area contributed by atoms with Gasteiger partial charge in [-0.05, 0) is 25.5 Å². The summed E-state index contributed by atoms with van der Waals surface area (Å²) in [7, 11) is 0. The van der Waals surface area contributed by atoms with Crippen molar-refractivity contribution in [2.24, 2.45) is 0 Å². The summed E-state index contributed by atoms with van der Waals surface area (Å²) >= 11 is 3.32. The van der Waals surface area contributed by atoms with E-state index in [1.165, 1.54) is 13.0 Å². The number of nitriles is 1. The topological polar surface area (TPSA) is 23.8 Å². The van der Waals surface area contributed by atoms with E-state index in [0.717, 1.165) is 12.1 Å². The van der Waals surface area contributed by atoms with Crippen LogP contribution in [0, 0.1) is 11.3 Å². The summed E-state index contributed by atoms with van der Waals surface area (Å²) in [6.45, 7) is 5.05. The molecule has 17 heavy (non-hydrogen) atoms. The molecule has 0 radical (unpaired) electrons. The predicted octanol–water partition coefficient (Wildman–Crippen LogP) is 4.87. The Bertz CT molecular complexity index is 370. The van der Waals surface area contributed by atoms with Gasteiger partial charge in [-0.15, -0.1) is 0 Å². The van der Waals surface area contributed by atoms with Gasteiger partial charge in [-0.3, -0.25) is 0 Å². The van der Waals surface area contributed by atoms with Gasteiger partial charge in [0.15, 0.2) is 0 Å². The van der Waals surface area contributed by atoms with Crippen LogP contribution in [-0.4, -0.2) is 0 Å². The fourth-order valence-electron chi connectivity index (χ4n) is 1.07. The molecule has 0 unspecified atom stereocenters. The highest BCUT2D eigenvalue weighted by Crippen LogP contribution is 2.35. The maximum absolute atomic E-state index is 12.3. The van der Waals surface area contributed by atoms with Crippen molar-refractivity contribution in [3.63, 3.8) is 0 Å². The second-order valence-corrected chi connectivity index (χ2v) is 5.76. The average Bonchev–Trinajstić information content (AvgIpc) is 2.16. The molecule has 0 spiro atoms. The largest absolute Gasteiger partial charge is 0.416 e. The zero-order chi connectivity index (χ0) is 13.7. The van der Waals surface area contributed by atoms with Gasteiger partial charge in [-0.1, -0.05) is 34.1 Å². The number of halogens is 4. The Balaban J connectivity index is 0.000000770. The molecule has 0 aliphatic carbocycles. The third kappa shape index (κ3) is 5.73. The Morgan fingerprint density at radius 1 is 1.18 bits per heavy atom. The molecule has 0 amide bonds. The Hall–Kier alpha value is -1.02. The van der Waals surface area contributed by atoms with Crippen LogP contribution in [0.25, 0.3) is 0 Å². The standard InChI is InChI=1S/C10H10BrF3.C2H3N/c1-9(2,11)7-4-3-5-8(6-7)10(12,13)14;1-2-3/h3-6H,1-2H3;1H3. The third-order valence-electron chi connectivity index (χ3n) is 1.88. The fraction of sp³-hybridized carbons (Fsp3) is 0.417. The normalized spacial score (nSPS) is 11.2. The first-order valence-electron chi connectivity index (χ1n) is 4.80. The van der Waals surface area contributed by atoms with Gasteiger partial charge < -0.3 is 0 Å². The van der Waals surface area contributed by atoms with Gasteiger partial charge >= 0.3 is 6.18 Å². The molecule has 1 aromatic carbocycles. The van der Waals surface area contributed by atoms with Crippen LogP contribution in [0.15, 0.2) is 24.3 Å². The molecule has 0 heterocycles. The number of nitrogens with zero attached hydrogens (tertiary/aromatic N) is 1. The first-order chi connectivity index (χ1) is 7.62. The summed E-state index contributed by atoms with van der Waals surface area (Å²) < 4.78 is 36.6. The molecule has 0 saturated heterocycles. The van der Waals surface area contributed by atoms with Crippen molar-refractivity contribution >= 4 is 15.9 Å². The van der Waals surface area contributed by atoms with Gasteiger partial charge in [0.2, 0.25) is 0 Å². The van der Waals surface area contributed by atoms with Gasteiger partial charge in [0.05, 0.1) is 11.6 Å². The number of alkyl halides is 4. The minimum atomic E-state index is -4.27. The minimum absolute atomic E-state index is 0.436. The lowest BCUT2D eigenvalue weighted by Crippen LogP contribution is -2.10. The average molecular weight is 308 g/mol. The molecule has 0 aliphatic heterocycles. The summed E-state index contributed by atoms with van der Waals surface area (Å²) in [5, 5.41) is 7.32. The van der Waals surface area contributed by atoms with Crippen LogP contribution >= 0.6 is 15.9 Å². The van der Waals surface area contributed by atoms with Crippen molar-refractivity contribution in [2.75, 3.05) is 0 Å². The molecule has 1 rings (SSSR count). The molecule has 0 N–H and O–H groups in total. The quantitative estimate of drug-likeness (QED) is 0.679. The molecule has 1 nitrogen and oxygen atoms in total. The van der Waals surface area contributed by atoms with Gasteiger partial charge in [-0.25, -0.2) is 0 Å². The van der Waals surface area contributed by atoms with Crippen LogP contribution in [0.1, 0.15) is 31.9 Å². The maximum atomic E-state index is 12.3. The van der Waals surface area contributed by atoms with E-state index in [9.17, 15) is 13.2 Å². The van der Waals surface area contributed by atoms with Crippen LogP contribution in [0.5, 0.6) is 0 Å². The maximum Gasteiger partial charge on any atom is 0.416 e. The second kappa shape index (κ2) is 6.06. The number of hydrogen-bond donors (Lipinski definition) is 0. The van der Waals surface area contributed by atoms with Gasteiger partial charge in [0, 0.05) is 11.2 Å². The highest BCUT2D eigenvalue weighted by Gasteiger charge is 2.31. The second-order valence-electron chi connectivity index (χ2n) is 3.77. The van der Waals surface area contributed by atoms with Crippen molar-refractivity contribution in [3.8, 4) is 6.07 Å². The van der Waals surface area contributed by atoms with E-state index < -0.39 is 16.1 Å². The molecule has 94 valence electrons. The molecule has 0 aromatic heterocycles. The first-order valence-corrected chi connectivity index (χ1v) is 5.59. The number of rotatable bonds is 1. The Morgan fingerprint density at radius 2 is 1.59 bits per heavy atom. The molecule has 0 aliphatic rings. The van der Waals surface area contributed by atoms with Crippen LogP contribution < -0.4 is 0 Å². The molecule has 0 atom stereocenters. The predicted molar refractivity (Wildman–Crippen MR) is 64.7 cm³/mol. The smallest absolute Gasteiger partial charge is 0.199 e. The van der Waals surface area contributed by atoms with Crippen molar-refractivity contribution in [1.82, 2.24) is 0 Å². The van der Waals surface area contributed by atoms with E-state index in [1.54, 1.807) is 12.1 Å². The lowest BCUT2D eigenvalue weighted by Gasteiger charge is -2.18. The van der Waals surface area contributed by atoms with Crippen molar-refractivity contribution in [2.45, 2.75) is 31.3 Å². The van der Waals surface area contributed by atoms with E-state index >= 15 is 0 Å². The monoisotopic (exact) mass is 307 g/mol. The van der Waals surface area contributed by atoms with E-state index in [1.807, 2.05) is 13.8 Å². The van der Waals surface area contributed by atoms with E-state index in [2.05, 4.69) is 15.9 Å². The van der Waals surface area contributed by atoms with Crippen LogP contribution in [0.3, 0.4) is 0 Å². The van der Waals surface area contributed by atoms with Crippen LogP contribution in [-0.2, 0) is 10.5 Å². The van der Waals surface area contributed by atoms with E-state index in [0.29, 0.717) is 5.56 Å².